The highest BCUT2D eigenvalue weighted by Gasteiger charge is 2.14. The zero-order chi connectivity index (χ0) is 16.8. The molecule has 1 aromatic carbocycles. The first-order valence-electron chi connectivity index (χ1n) is 7.61. The van der Waals surface area contributed by atoms with Crippen molar-refractivity contribution < 1.29 is 14.3 Å². The predicted octanol–water partition coefficient (Wildman–Crippen LogP) is 3.30. The Morgan fingerprint density at radius 3 is 2.67 bits per heavy atom. The first kappa shape index (κ1) is 15.8. The molecule has 0 radical (unpaired) electrons. The van der Waals surface area contributed by atoms with E-state index in [4.69, 9.17) is 9.47 Å². The van der Waals surface area contributed by atoms with Crippen LogP contribution in [0.3, 0.4) is 0 Å². The molecule has 0 aliphatic heterocycles. The van der Waals surface area contributed by atoms with Crippen LogP contribution in [0.1, 0.15) is 21.6 Å². The fraction of sp³-hybridized carbons (Fsp3) is 0.158. The summed E-state index contributed by atoms with van der Waals surface area (Å²) in [6.07, 6.45) is 5.33. The molecule has 0 amide bonds. The number of hydrogen-bond acceptors (Lipinski definition) is 4. The SMILES string of the molecule is COc1ccccc1COC(=O)c1cccn1Cc1ccncc1. The van der Waals surface area contributed by atoms with Gasteiger partial charge in [0.15, 0.2) is 0 Å². The average Bonchev–Trinajstić information content (AvgIpc) is 3.09. The lowest BCUT2D eigenvalue weighted by molar-refractivity contribution is 0.0458. The number of aromatic nitrogens is 2. The third kappa shape index (κ3) is 3.63. The maximum atomic E-state index is 12.4. The van der Waals surface area contributed by atoms with Crippen LogP contribution in [-0.2, 0) is 17.9 Å². The number of para-hydroxylation sites is 1. The Morgan fingerprint density at radius 1 is 1.08 bits per heavy atom. The monoisotopic (exact) mass is 322 g/mol. The average molecular weight is 322 g/mol. The summed E-state index contributed by atoms with van der Waals surface area (Å²) in [6, 6.07) is 14.9. The van der Waals surface area contributed by atoms with Crippen molar-refractivity contribution in [2.24, 2.45) is 0 Å². The topological polar surface area (TPSA) is 53.4 Å². The second-order valence-corrected chi connectivity index (χ2v) is 5.26. The third-order valence-electron chi connectivity index (χ3n) is 3.69. The van der Waals surface area contributed by atoms with E-state index in [2.05, 4.69) is 4.98 Å². The minimum atomic E-state index is -0.361. The lowest BCUT2D eigenvalue weighted by atomic mass is 10.2. The number of carbonyl (C=O) groups excluding carboxylic acids is 1. The molecule has 3 rings (SSSR count). The molecule has 0 aliphatic carbocycles. The van der Waals surface area contributed by atoms with Gasteiger partial charge < -0.3 is 14.0 Å². The summed E-state index contributed by atoms with van der Waals surface area (Å²) in [6.45, 7) is 0.762. The quantitative estimate of drug-likeness (QED) is 0.654. The largest absolute Gasteiger partial charge is 0.496 e. The van der Waals surface area contributed by atoms with Crippen LogP contribution in [0.4, 0.5) is 0 Å². The lowest BCUT2D eigenvalue weighted by Crippen LogP contribution is -2.12. The van der Waals surface area contributed by atoms with Crippen LogP contribution in [0.2, 0.25) is 0 Å². The van der Waals surface area contributed by atoms with Crippen molar-refractivity contribution in [3.8, 4) is 5.75 Å². The molecule has 2 aromatic heterocycles. The summed E-state index contributed by atoms with van der Waals surface area (Å²) in [5.74, 6) is 0.345. The summed E-state index contributed by atoms with van der Waals surface area (Å²) in [4.78, 5) is 16.4. The maximum absolute atomic E-state index is 12.4. The van der Waals surface area contributed by atoms with E-state index in [1.807, 2.05) is 53.2 Å². The van der Waals surface area contributed by atoms with Gasteiger partial charge in [0, 0.05) is 30.7 Å². The van der Waals surface area contributed by atoms with Gasteiger partial charge in [0.25, 0.3) is 0 Å². The van der Waals surface area contributed by atoms with Crippen LogP contribution in [-0.4, -0.2) is 22.6 Å². The molecule has 0 N–H and O–H groups in total. The van der Waals surface area contributed by atoms with Gasteiger partial charge >= 0.3 is 5.97 Å². The molecular formula is C19H18N2O3. The van der Waals surface area contributed by atoms with E-state index >= 15 is 0 Å². The molecule has 24 heavy (non-hydrogen) atoms. The van der Waals surface area contributed by atoms with E-state index in [0.717, 1.165) is 11.1 Å². The Bertz CT molecular complexity index is 812. The Morgan fingerprint density at radius 2 is 1.88 bits per heavy atom. The molecule has 5 nitrogen and oxygen atoms in total. The maximum Gasteiger partial charge on any atom is 0.355 e. The number of esters is 1. The van der Waals surface area contributed by atoms with E-state index in [0.29, 0.717) is 18.0 Å². The van der Waals surface area contributed by atoms with Crippen molar-refractivity contribution in [1.82, 2.24) is 9.55 Å². The summed E-state index contributed by atoms with van der Waals surface area (Å²) >= 11 is 0. The number of nitrogens with zero attached hydrogens (tertiary/aromatic N) is 2. The predicted molar refractivity (Wildman–Crippen MR) is 89.9 cm³/mol. The molecule has 0 saturated carbocycles. The van der Waals surface area contributed by atoms with Gasteiger partial charge in [-0.15, -0.1) is 0 Å². The van der Waals surface area contributed by atoms with Crippen LogP contribution < -0.4 is 4.74 Å². The minimum absolute atomic E-state index is 0.170. The Hall–Kier alpha value is -3.08. The highest BCUT2D eigenvalue weighted by Crippen LogP contribution is 2.19. The molecule has 0 spiro atoms. The molecule has 0 unspecified atom stereocenters. The highest BCUT2D eigenvalue weighted by atomic mass is 16.5. The van der Waals surface area contributed by atoms with Crippen molar-refractivity contribution in [3.05, 3.63) is 83.9 Å². The van der Waals surface area contributed by atoms with Gasteiger partial charge in [-0.05, 0) is 35.9 Å². The van der Waals surface area contributed by atoms with Crippen LogP contribution in [0.5, 0.6) is 5.75 Å². The molecule has 122 valence electrons. The van der Waals surface area contributed by atoms with Crippen molar-refractivity contribution >= 4 is 5.97 Å². The summed E-state index contributed by atoms with van der Waals surface area (Å²) in [5.41, 5.74) is 2.42. The van der Waals surface area contributed by atoms with Crippen molar-refractivity contribution in [1.29, 1.82) is 0 Å². The van der Waals surface area contributed by atoms with Gasteiger partial charge in [0.1, 0.15) is 18.1 Å². The number of benzene rings is 1. The fourth-order valence-corrected chi connectivity index (χ4v) is 2.46. The third-order valence-corrected chi connectivity index (χ3v) is 3.69. The molecule has 0 aliphatic rings. The number of ether oxygens (including phenoxy) is 2. The van der Waals surface area contributed by atoms with E-state index < -0.39 is 0 Å². The van der Waals surface area contributed by atoms with Crippen LogP contribution in [0.15, 0.2) is 67.1 Å². The van der Waals surface area contributed by atoms with Crippen molar-refractivity contribution in [2.75, 3.05) is 7.11 Å². The van der Waals surface area contributed by atoms with Gasteiger partial charge in [-0.1, -0.05) is 18.2 Å². The van der Waals surface area contributed by atoms with E-state index in [9.17, 15) is 4.79 Å². The number of methoxy groups -OCH3 is 1. The normalized spacial score (nSPS) is 10.4. The van der Waals surface area contributed by atoms with Crippen LogP contribution >= 0.6 is 0 Å². The highest BCUT2D eigenvalue weighted by molar-refractivity contribution is 5.87. The van der Waals surface area contributed by atoms with Crippen LogP contribution in [0.25, 0.3) is 0 Å². The fourth-order valence-electron chi connectivity index (χ4n) is 2.46. The number of hydrogen-bond donors (Lipinski definition) is 0. The van der Waals surface area contributed by atoms with Gasteiger partial charge in [0.05, 0.1) is 7.11 Å². The Balaban J connectivity index is 1.69. The standard InChI is InChI=1S/C19H18N2O3/c1-23-18-7-3-2-5-16(18)14-24-19(22)17-6-4-12-21(17)13-15-8-10-20-11-9-15/h2-12H,13-14H2,1H3. The van der Waals surface area contributed by atoms with Crippen LogP contribution in [0, 0.1) is 0 Å². The van der Waals surface area contributed by atoms with Gasteiger partial charge in [0.2, 0.25) is 0 Å². The van der Waals surface area contributed by atoms with E-state index in [1.165, 1.54) is 0 Å². The number of pyridine rings is 1. The number of carbonyl (C=O) groups is 1. The van der Waals surface area contributed by atoms with E-state index in [-0.39, 0.29) is 12.6 Å². The summed E-state index contributed by atoms with van der Waals surface area (Å²) in [5, 5.41) is 0. The molecule has 0 bridgehead atoms. The number of rotatable bonds is 6. The first-order chi connectivity index (χ1) is 11.8. The second-order valence-electron chi connectivity index (χ2n) is 5.26. The van der Waals surface area contributed by atoms with Gasteiger partial charge in [-0.3, -0.25) is 4.98 Å². The second kappa shape index (κ2) is 7.46. The first-order valence-corrected chi connectivity index (χ1v) is 7.61. The molecule has 2 heterocycles. The summed E-state index contributed by atoms with van der Waals surface area (Å²) in [7, 11) is 1.60. The molecular weight excluding hydrogens is 304 g/mol. The smallest absolute Gasteiger partial charge is 0.355 e. The molecule has 0 atom stereocenters. The Labute approximate surface area is 140 Å². The Kier molecular flexibility index (Phi) is 4.91. The van der Waals surface area contributed by atoms with Gasteiger partial charge in [-0.25, -0.2) is 4.79 Å². The zero-order valence-electron chi connectivity index (χ0n) is 13.4. The van der Waals surface area contributed by atoms with Gasteiger partial charge in [-0.2, -0.15) is 0 Å². The molecule has 0 saturated heterocycles. The minimum Gasteiger partial charge on any atom is -0.496 e. The van der Waals surface area contributed by atoms with Crippen molar-refractivity contribution in [2.45, 2.75) is 13.2 Å². The molecule has 5 heteroatoms. The summed E-state index contributed by atoms with van der Waals surface area (Å²) < 4.78 is 12.6. The van der Waals surface area contributed by atoms with Crippen molar-refractivity contribution in [3.63, 3.8) is 0 Å². The lowest BCUT2D eigenvalue weighted by Gasteiger charge is -2.11. The molecule has 3 aromatic rings. The zero-order valence-corrected chi connectivity index (χ0v) is 13.4. The molecule has 0 fully saturated rings. The van der Waals surface area contributed by atoms with E-state index in [1.54, 1.807) is 25.6 Å².